The molecule has 1 aromatic heterocycles. The van der Waals surface area contributed by atoms with Gasteiger partial charge in [-0.05, 0) is 49.6 Å². The summed E-state index contributed by atoms with van der Waals surface area (Å²) in [5.41, 5.74) is 2.77. The van der Waals surface area contributed by atoms with Crippen LogP contribution in [0.15, 0.2) is 30.5 Å². The monoisotopic (exact) mass is 497 g/mol. The van der Waals surface area contributed by atoms with E-state index in [2.05, 4.69) is 37.3 Å². The van der Waals surface area contributed by atoms with E-state index < -0.39 is 0 Å². The number of carbonyl (C=O) groups is 1. The van der Waals surface area contributed by atoms with Gasteiger partial charge in [0.2, 0.25) is 0 Å². The summed E-state index contributed by atoms with van der Waals surface area (Å²) in [6, 6.07) is 7.86. The van der Waals surface area contributed by atoms with Crippen molar-refractivity contribution in [2.75, 3.05) is 6.54 Å². The fourth-order valence-electron chi connectivity index (χ4n) is 4.68. The highest BCUT2D eigenvalue weighted by Gasteiger charge is 2.09. The van der Waals surface area contributed by atoms with Crippen molar-refractivity contribution in [2.45, 2.75) is 130 Å². The zero-order valence-electron chi connectivity index (χ0n) is 23.3. The molecular weight excluding hydrogens is 446 g/mol. The van der Waals surface area contributed by atoms with Crippen LogP contribution in [0.2, 0.25) is 0 Å². The average molecular weight is 498 g/mol. The zero-order valence-corrected chi connectivity index (χ0v) is 23.3. The van der Waals surface area contributed by atoms with Gasteiger partial charge >= 0.3 is 0 Å². The second kappa shape index (κ2) is 18.9. The van der Waals surface area contributed by atoms with Crippen molar-refractivity contribution in [3.63, 3.8) is 0 Å². The molecule has 36 heavy (non-hydrogen) atoms. The first-order chi connectivity index (χ1) is 17.6. The van der Waals surface area contributed by atoms with Gasteiger partial charge in [0, 0.05) is 12.7 Å². The third-order valence-electron chi connectivity index (χ3n) is 6.75. The van der Waals surface area contributed by atoms with Crippen molar-refractivity contribution in [2.24, 2.45) is 0 Å². The van der Waals surface area contributed by atoms with Gasteiger partial charge in [0.05, 0.1) is 0 Å². The third-order valence-corrected chi connectivity index (χ3v) is 6.75. The molecule has 0 saturated heterocycles. The summed E-state index contributed by atoms with van der Waals surface area (Å²) < 4.78 is 7.47. The Labute approximate surface area is 220 Å². The predicted octanol–water partition coefficient (Wildman–Crippen LogP) is 8.53. The number of amides is 1. The van der Waals surface area contributed by atoms with Crippen molar-refractivity contribution in [3.05, 3.63) is 47.3 Å². The minimum absolute atomic E-state index is 0.110. The standard InChI is InChI=1S/C31H51N3O2/c1-4-5-6-7-8-9-10-11-12-13-14-15-16-17-18-19-21-32-31(35)30-20-22-34(33-30)26-36-29-24-27(2)23-28(3)25-29/h20,22-25H,4-19,21,26H2,1-3H3,(H,32,35). The lowest BCUT2D eigenvalue weighted by Gasteiger charge is -2.08. The number of nitrogens with one attached hydrogen (secondary N) is 1. The van der Waals surface area contributed by atoms with Gasteiger partial charge in [0.15, 0.2) is 6.73 Å². The maximum Gasteiger partial charge on any atom is 0.271 e. The molecule has 0 aliphatic heterocycles. The molecule has 202 valence electrons. The average Bonchev–Trinajstić information content (AvgIpc) is 3.33. The van der Waals surface area contributed by atoms with Gasteiger partial charge in [0.1, 0.15) is 11.4 Å². The highest BCUT2D eigenvalue weighted by molar-refractivity contribution is 5.92. The largest absolute Gasteiger partial charge is 0.471 e. The van der Waals surface area contributed by atoms with Crippen molar-refractivity contribution >= 4 is 5.91 Å². The Kier molecular flexibility index (Phi) is 15.7. The molecule has 0 unspecified atom stereocenters. The van der Waals surface area contributed by atoms with Crippen LogP contribution in [0.5, 0.6) is 5.75 Å². The molecule has 0 fully saturated rings. The highest BCUT2D eigenvalue weighted by Crippen LogP contribution is 2.17. The minimum Gasteiger partial charge on any atom is -0.471 e. The summed E-state index contributed by atoms with van der Waals surface area (Å²) in [5.74, 6) is 0.707. The quantitative estimate of drug-likeness (QED) is 0.176. The SMILES string of the molecule is CCCCCCCCCCCCCCCCCCNC(=O)c1ccn(COc2cc(C)cc(C)c2)n1. The minimum atomic E-state index is -0.110. The van der Waals surface area contributed by atoms with Crippen LogP contribution in [0.3, 0.4) is 0 Å². The Bertz CT molecular complexity index is 826. The number of aryl methyl sites for hydroxylation is 2. The van der Waals surface area contributed by atoms with Gasteiger partial charge in [-0.3, -0.25) is 4.79 Å². The number of unbranched alkanes of at least 4 members (excludes halogenated alkanes) is 15. The normalized spacial score (nSPS) is 11.1. The summed E-state index contributed by atoms with van der Waals surface area (Å²) >= 11 is 0. The molecule has 5 heteroatoms. The molecule has 2 aromatic rings. The first-order valence-corrected chi connectivity index (χ1v) is 14.6. The number of carbonyl (C=O) groups excluding carboxylic acids is 1. The molecule has 0 spiro atoms. The summed E-state index contributed by atoms with van der Waals surface area (Å²) in [4.78, 5) is 12.4. The molecule has 0 radical (unpaired) electrons. The number of aromatic nitrogens is 2. The van der Waals surface area contributed by atoms with Gasteiger partial charge in [-0.15, -0.1) is 0 Å². The maximum absolute atomic E-state index is 12.4. The smallest absolute Gasteiger partial charge is 0.271 e. The van der Waals surface area contributed by atoms with Gasteiger partial charge in [0.25, 0.3) is 5.91 Å². The third kappa shape index (κ3) is 13.7. The van der Waals surface area contributed by atoms with E-state index >= 15 is 0 Å². The Balaban J connectivity index is 1.41. The van der Waals surface area contributed by atoms with Crippen LogP contribution in [0, 0.1) is 13.8 Å². The van der Waals surface area contributed by atoms with Crippen LogP contribution in [-0.4, -0.2) is 22.2 Å². The molecule has 0 bridgehead atoms. The molecule has 0 atom stereocenters. The van der Waals surface area contributed by atoms with E-state index in [1.165, 1.54) is 107 Å². The lowest BCUT2D eigenvalue weighted by molar-refractivity contribution is 0.0946. The van der Waals surface area contributed by atoms with Crippen molar-refractivity contribution in [1.29, 1.82) is 0 Å². The maximum atomic E-state index is 12.4. The van der Waals surface area contributed by atoms with Gasteiger partial charge < -0.3 is 10.1 Å². The molecule has 2 rings (SSSR count). The van der Waals surface area contributed by atoms with E-state index in [1.54, 1.807) is 16.9 Å². The van der Waals surface area contributed by atoms with E-state index in [1.807, 2.05) is 12.1 Å². The molecule has 1 heterocycles. The van der Waals surface area contributed by atoms with Crippen LogP contribution >= 0.6 is 0 Å². The lowest BCUT2D eigenvalue weighted by Crippen LogP contribution is -2.25. The number of nitrogens with zero attached hydrogens (tertiary/aromatic N) is 2. The van der Waals surface area contributed by atoms with Gasteiger partial charge in [-0.25, -0.2) is 4.68 Å². The number of hydrogen-bond acceptors (Lipinski definition) is 3. The van der Waals surface area contributed by atoms with Crippen LogP contribution in [0.25, 0.3) is 0 Å². The molecule has 1 aromatic carbocycles. The van der Waals surface area contributed by atoms with Crippen LogP contribution in [0.1, 0.15) is 131 Å². The first kappa shape index (κ1) is 29.9. The zero-order chi connectivity index (χ0) is 25.8. The van der Waals surface area contributed by atoms with Crippen molar-refractivity contribution in [3.8, 4) is 5.75 Å². The van der Waals surface area contributed by atoms with Crippen molar-refractivity contribution < 1.29 is 9.53 Å². The second-order valence-electron chi connectivity index (χ2n) is 10.4. The molecule has 1 N–H and O–H groups in total. The summed E-state index contributed by atoms with van der Waals surface area (Å²) in [6.45, 7) is 7.38. The summed E-state index contributed by atoms with van der Waals surface area (Å²) in [7, 11) is 0. The van der Waals surface area contributed by atoms with Crippen molar-refractivity contribution in [1.82, 2.24) is 15.1 Å². The van der Waals surface area contributed by atoms with Gasteiger partial charge in [-0.1, -0.05) is 109 Å². The topological polar surface area (TPSA) is 56.2 Å². The van der Waals surface area contributed by atoms with Crippen LogP contribution in [-0.2, 0) is 6.73 Å². The van der Waals surface area contributed by atoms with E-state index in [-0.39, 0.29) is 12.6 Å². The number of hydrogen-bond donors (Lipinski definition) is 1. The highest BCUT2D eigenvalue weighted by atomic mass is 16.5. The van der Waals surface area contributed by atoms with Crippen LogP contribution < -0.4 is 10.1 Å². The van der Waals surface area contributed by atoms with E-state index in [4.69, 9.17) is 4.74 Å². The Morgan fingerprint density at radius 2 is 1.28 bits per heavy atom. The molecule has 0 aliphatic carbocycles. The lowest BCUT2D eigenvalue weighted by atomic mass is 10.0. The number of ether oxygens (including phenoxy) is 1. The first-order valence-electron chi connectivity index (χ1n) is 14.6. The predicted molar refractivity (Wildman–Crippen MR) is 151 cm³/mol. The second-order valence-corrected chi connectivity index (χ2v) is 10.4. The molecule has 1 amide bonds. The Morgan fingerprint density at radius 3 is 1.81 bits per heavy atom. The Morgan fingerprint density at radius 1 is 0.778 bits per heavy atom. The molecule has 5 nitrogen and oxygen atoms in total. The number of rotatable bonds is 21. The summed E-state index contributed by atoms with van der Waals surface area (Å²) in [5, 5.41) is 7.34. The fourth-order valence-corrected chi connectivity index (χ4v) is 4.68. The fraction of sp³-hybridized carbons (Fsp3) is 0.677. The van der Waals surface area contributed by atoms with E-state index in [0.29, 0.717) is 12.2 Å². The van der Waals surface area contributed by atoms with Crippen LogP contribution in [0.4, 0.5) is 0 Å². The molecular formula is C31H51N3O2. The number of benzene rings is 1. The summed E-state index contributed by atoms with van der Waals surface area (Å²) in [6.07, 6.45) is 23.4. The van der Waals surface area contributed by atoms with E-state index in [9.17, 15) is 4.79 Å². The van der Waals surface area contributed by atoms with E-state index in [0.717, 1.165) is 12.2 Å². The Hall–Kier alpha value is -2.30. The molecule has 0 saturated carbocycles. The molecule has 0 aliphatic rings. The van der Waals surface area contributed by atoms with Gasteiger partial charge in [-0.2, -0.15) is 5.10 Å².